The number of rotatable bonds is 1. The second-order valence-corrected chi connectivity index (χ2v) is 4.18. The van der Waals surface area contributed by atoms with Gasteiger partial charge in [-0.3, -0.25) is 0 Å². The maximum atomic E-state index is 4.48. The van der Waals surface area contributed by atoms with Gasteiger partial charge in [0.05, 0.1) is 6.04 Å². The third-order valence-electron chi connectivity index (χ3n) is 2.88. The third-order valence-corrected chi connectivity index (χ3v) is 2.88. The topological polar surface area (TPSA) is 30.7 Å². The Hall–Kier alpha value is -1.38. The second-order valence-electron chi connectivity index (χ2n) is 4.18. The normalized spacial score (nSPS) is 16.4. The van der Waals surface area contributed by atoms with Gasteiger partial charge in [0.25, 0.3) is 0 Å². The fourth-order valence-electron chi connectivity index (χ4n) is 1.66. The van der Waals surface area contributed by atoms with Gasteiger partial charge in [0.15, 0.2) is 0 Å². The molecule has 0 spiro atoms. The molecule has 1 aromatic carbocycles. The molecule has 3 rings (SSSR count). The molecule has 3 nitrogen and oxygen atoms in total. The molecule has 1 heterocycles. The van der Waals surface area contributed by atoms with Gasteiger partial charge in [-0.25, -0.2) is 0 Å². The van der Waals surface area contributed by atoms with E-state index in [1.54, 1.807) is 0 Å². The summed E-state index contributed by atoms with van der Waals surface area (Å²) in [6.45, 7) is 4.23. The predicted octanol–water partition coefficient (Wildman–Crippen LogP) is 2.38. The Morgan fingerprint density at radius 3 is 2.00 bits per heavy atom. The van der Waals surface area contributed by atoms with Crippen molar-refractivity contribution in [2.45, 2.75) is 32.7 Å². The lowest BCUT2D eigenvalue weighted by Crippen LogP contribution is -1.97. The Morgan fingerprint density at radius 2 is 1.57 bits per heavy atom. The molecule has 72 valence electrons. The van der Waals surface area contributed by atoms with E-state index in [-0.39, 0.29) is 0 Å². The Morgan fingerprint density at radius 1 is 1.07 bits per heavy atom. The zero-order valence-electron chi connectivity index (χ0n) is 8.49. The third kappa shape index (κ3) is 1.12. The Kier molecular flexibility index (Phi) is 1.46. The van der Waals surface area contributed by atoms with E-state index in [2.05, 4.69) is 36.2 Å². The molecule has 0 saturated heterocycles. The van der Waals surface area contributed by atoms with Crippen LogP contribution >= 0.6 is 0 Å². The highest BCUT2D eigenvalue weighted by Crippen LogP contribution is 2.34. The van der Waals surface area contributed by atoms with Crippen LogP contribution in [0.5, 0.6) is 0 Å². The van der Waals surface area contributed by atoms with Crippen LogP contribution in [0.3, 0.4) is 0 Å². The van der Waals surface area contributed by atoms with Gasteiger partial charge >= 0.3 is 0 Å². The van der Waals surface area contributed by atoms with E-state index in [1.807, 2.05) is 4.80 Å². The lowest BCUT2D eigenvalue weighted by molar-refractivity contribution is 0.562. The molecule has 1 aliphatic carbocycles. The predicted molar refractivity (Wildman–Crippen MR) is 55.3 cm³/mol. The number of hydrogen-bond acceptors (Lipinski definition) is 2. The highest BCUT2D eigenvalue weighted by atomic mass is 15.5. The van der Waals surface area contributed by atoms with Crippen LogP contribution in [-0.4, -0.2) is 15.0 Å². The van der Waals surface area contributed by atoms with Crippen molar-refractivity contribution in [3.8, 4) is 0 Å². The summed E-state index contributed by atoms with van der Waals surface area (Å²) in [6, 6.07) is 4.82. The van der Waals surface area contributed by atoms with Crippen LogP contribution in [0.1, 0.15) is 30.0 Å². The molecule has 1 saturated carbocycles. The number of hydrogen-bond donors (Lipinski definition) is 0. The molecule has 0 N–H and O–H groups in total. The zero-order chi connectivity index (χ0) is 9.71. The summed E-state index contributed by atoms with van der Waals surface area (Å²) >= 11 is 0. The van der Waals surface area contributed by atoms with Crippen LogP contribution in [0.2, 0.25) is 0 Å². The number of aryl methyl sites for hydroxylation is 2. The first-order chi connectivity index (χ1) is 6.74. The van der Waals surface area contributed by atoms with Gasteiger partial charge in [-0.2, -0.15) is 15.0 Å². The van der Waals surface area contributed by atoms with Gasteiger partial charge in [0, 0.05) is 0 Å². The Labute approximate surface area is 82.7 Å². The quantitative estimate of drug-likeness (QED) is 0.686. The first-order valence-electron chi connectivity index (χ1n) is 5.08. The van der Waals surface area contributed by atoms with Crippen molar-refractivity contribution in [1.82, 2.24) is 15.0 Å². The van der Waals surface area contributed by atoms with Crippen LogP contribution in [-0.2, 0) is 0 Å². The van der Waals surface area contributed by atoms with E-state index in [9.17, 15) is 0 Å². The van der Waals surface area contributed by atoms with Crippen LogP contribution in [0, 0.1) is 13.8 Å². The minimum Gasteiger partial charge on any atom is -0.181 e. The Balaban J connectivity index is 2.22. The molecule has 2 aromatic rings. The van der Waals surface area contributed by atoms with Crippen molar-refractivity contribution < 1.29 is 0 Å². The fourth-order valence-corrected chi connectivity index (χ4v) is 1.66. The zero-order valence-corrected chi connectivity index (χ0v) is 8.49. The molecule has 1 aliphatic rings. The summed E-state index contributed by atoms with van der Waals surface area (Å²) in [7, 11) is 0. The number of nitrogens with zero attached hydrogens (tertiary/aromatic N) is 3. The summed E-state index contributed by atoms with van der Waals surface area (Å²) < 4.78 is 0. The molecule has 14 heavy (non-hydrogen) atoms. The molecule has 3 heteroatoms. The molecule has 0 unspecified atom stereocenters. The standard InChI is InChI=1S/C11H13N3/c1-7-5-10-11(6-8(7)2)13-14(12-10)9-3-4-9/h5-6,9H,3-4H2,1-2H3. The average molecular weight is 187 g/mol. The van der Waals surface area contributed by atoms with E-state index in [1.165, 1.54) is 24.0 Å². The van der Waals surface area contributed by atoms with E-state index in [0.717, 1.165) is 11.0 Å². The Bertz CT molecular complexity index is 455. The summed E-state index contributed by atoms with van der Waals surface area (Å²) in [4.78, 5) is 1.88. The molecule has 0 bridgehead atoms. The van der Waals surface area contributed by atoms with E-state index < -0.39 is 0 Å². The fraction of sp³-hybridized carbons (Fsp3) is 0.455. The van der Waals surface area contributed by atoms with Crippen molar-refractivity contribution in [3.63, 3.8) is 0 Å². The highest BCUT2D eigenvalue weighted by Gasteiger charge is 2.25. The number of fused-ring (bicyclic) bond motifs is 1. The minimum absolute atomic E-state index is 0.572. The van der Waals surface area contributed by atoms with Gasteiger partial charge in [-0.1, -0.05) is 0 Å². The van der Waals surface area contributed by atoms with Crippen molar-refractivity contribution in [2.24, 2.45) is 0 Å². The SMILES string of the molecule is Cc1cc2nn(C3CC3)nc2cc1C. The highest BCUT2D eigenvalue weighted by molar-refractivity contribution is 5.75. The van der Waals surface area contributed by atoms with Gasteiger partial charge in [-0.15, -0.1) is 0 Å². The monoisotopic (exact) mass is 187 g/mol. The maximum Gasteiger partial charge on any atom is 0.113 e. The van der Waals surface area contributed by atoms with E-state index >= 15 is 0 Å². The molecular formula is C11H13N3. The second kappa shape index (κ2) is 2.56. The average Bonchev–Trinajstić information content (AvgIpc) is 2.90. The molecule has 1 aromatic heterocycles. The van der Waals surface area contributed by atoms with Crippen LogP contribution in [0.15, 0.2) is 12.1 Å². The molecule has 0 amide bonds. The van der Waals surface area contributed by atoms with Crippen molar-refractivity contribution >= 4 is 11.0 Å². The van der Waals surface area contributed by atoms with Crippen molar-refractivity contribution in [2.75, 3.05) is 0 Å². The minimum atomic E-state index is 0.572. The van der Waals surface area contributed by atoms with E-state index in [4.69, 9.17) is 0 Å². The van der Waals surface area contributed by atoms with Gasteiger partial charge < -0.3 is 0 Å². The summed E-state index contributed by atoms with van der Waals surface area (Å²) in [5.41, 5.74) is 4.64. The summed E-state index contributed by atoms with van der Waals surface area (Å²) in [6.07, 6.45) is 2.47. The van der Waals surface area contributed by atoms with Crippen LogP contribution < -0.4 is 0 Å². The largest absolute Gasteiger partial charge is 0.181 e. The summed E-state index contributed by atoms with van der Waals surface area (Å²) in [5.74, 6) is 0. The van der Waals surface area contributed by atoms with E-state index in [0.29, 0.717) is 6.04 Å². The van der Waals surface area contributed by atoms with Gasteiger partial charge in [0.2, 0.25) is 0 Å². The van der Waals surface area contributed by atoms with Crippen molar-refractivity contribution in [1.29, 1.82) is 0 Å². The molecular weight excluding hydrogens is 174 g/mol. The van der Waals surface area contributed by atoms with Gasteiger partial charge in [0.1, 0.15) is 11.0 Å². The van der Waals surface area contributed by atoms with Crippen LogP contribution in [0.4, 0.5) is 0 Å². The van der Waals surface area contributed by atoms with Crippen LogP contribution in [0.25, 0.3) is 11.0 Å². The lowest BCUT2D eigenvalue weighted by atomic mass is 10.1. The lowest BCUT2D eigenvalue weighted by Gasteiger charge is -1.95. The smallest absolute Gasteiger partial charge is 0.113 e. The van der Waals surface area contributed by atoms with Crippen molar-refractivity contribution in [3.05, 3.63) is 23.3 Å². The number of aromatic nitrogens is 3. The summed E-state index contributed by atoms with van der Waals surface area (Å²) in [5, 5.41) is 8.96. The first kappa shape index (κ1) is 7.97. The molecule has 0 atom stereocenters. The molecule has 0 radical (unpaired) electrons. The molecule has 1 fully saturated rings. The number of benzene rings is 1. The maximum absolute atomic E-state index is 4.48. The van der Waals surface area contributed by atoms with Gasteiger partial charge in [-0.05, 0) is 49.9 Å². The first-order valence-corrected chi connectivity index (χ1v) is 5.08. The molecule has 0 aliphatic heterocycles.